The molecule has 1 aromatic heterocycles. The first-order valence-electron chi connectivity index (χ1n) is 4.87. The first-order chi connectivity index (χ1) is 6.95. The number of rotatable bonds is 4. The maximum absolute atomic E-state index is 9.29. The molecule has 0 saturated carbocycles. The zero-order chi connectivity index (χ0) is 11.5. The van der Waals surface area contributed by atoms with Crippen molar-refractivity contribution in [3.05, 3.63) is 12.5 Å². The molecule has 2 atom stereocenters. The minimum Gasteiger partial charge on any atom is -0.440 e. The van der Waals surface area contributed by atoms with E-state index in [-0.39, 0.29) is 23.3 Å². The third-order valence-electron chi connectivity index (χ3n) is 2.24. The number of thioether (sulfide) groups is 1. The fourth-order valence-electron chi connectivity index (χ4n) is 1.18. The largest absolute Gasteiger partial charge is 0.440 e. The molecule has 0 aliphatic rings. The van der Waals surface area contributed by atoms with E-state index in [9.17, 15) is 5.11 Å². The smallest absolute Gasteiger partial charge is 0.255 e. The maximum atomic E-state index is 9.29. The standard InChI is InChI=1S/C10H18N2O2S/c1-10(2,3)8(11)7(6-13)15-9-12-4-5-14-9/h4-5,7-8,13H,6,11H2,1-3H3. The molecular formula is C10H18N2O2S. The molecule has 5 heteroatoms. The Morgan fingerprint density at radius 2 is 2.27 bits per heavy atom. The zero-order valence-corrected chi connectivity index (χ0v) is 10.1. The summed E-state index contributed by atoms with van der Waals surface area (Å²) in [4.78, 5) is 4.00. The first-order valence-corrected chi connectivity index (χ1v) is 5.75. The lowest BCUT2D eigenvalue weighted by atomic mass is 9.85. The van der Waals surface area contributed by atoms with E-state index >= 15 is 0 Å². The van der Waals surface area contributed by atoms with Gasteiger partial charge >= 0.3 is 0 Å². The monoisotopic (exact) mass is 230 g/mol. The number of nitrogens with two attached hydrogens (primary N) is 1. The highest BCUT2D eigenvalue weighted by Crippen LogP contribution is 2.30. The summed E-state index contributed by atoms with van der Waals surface area (Å²) in [5.74, 6) is 0. The summed E-state index contributed by atoms with van der Waals surface area (Å²) in [5, 5.41) is 9.74. The van der Waals surface area contributed by atoms with Crippen LogP contribution in [0.15, 0.2) is 22.1 Å². The van der Waals surface area contributed by atoms with Gasteiger partial charge in [0.2, 0.25) is 0 Å². The van der Waals surface area contributed by atoms with E-state index in [0.29, 0.717) is 5.22 Å². The van der Waals surface area contributed by atoms with Gasteiger partial charge in [0.05, 0.1) is 18.1 Å². The van der Waals surface area contributed by atoms with Crippen molar-refractivity contribution < 1.29 is 9.52 Å². The van der Waals surface area contributed by atoms with Gasteiger partial charge in [0.15, 0.2) is 0 Å². The topological polar surface area (TPSA) is 72.3 Å². The molecule has 2 unspecified atom stereocenters. The van der Waals surface area contributed by atoms with Gasteiger partial charge in [-0.05, 0) is 5.41 Å². The molecule has 0 spiro atoms. The lowest BCUT2D eigenvalue weighted by Crippen LogP contribution is -2.45. The number of aromatic nitrogens is 1. The summed E-state index contributed by atoms with van der Waals surface area (Å²) in [7, 11) is 0. The Balaban J connectivity index is 2.64. The van der Waals surface area contributed by atoms with Gasteiger partial charge in [0, 0.05) is 6.04 Å². The van der Waals surface area contributed by atoms with Crippen LogP contribution in [0.4, 0.5) is 0 Å². The van der Waals surface area contributed by atoms with E-state index in [1.165, 1.54) is 18.0 Å². The molecular weight excluding hydrogens is 212 g/mol. The Morgan fingerprint density at radius 1 is 1.60 bits per heavy atom. The van der Waals surface area contributed by atoms with Crippen LogP contribution in [0.5, 0.6) is 0 Å². The highest BCUT2D eigenvalue weighted by Gasteiger charge is 2.30. The molecule has 3 N–H and O–H groups in total. The van der Waals surface area contributed by atoms with Gasteiger partial charge < -0.3 is 15.3 Å². The number of nitrogens with zero attached hydrogens (tertiary/aromatic N) is 1. The average Bonchev–Trinajstić information content (AvgIpc) is 2.64. The number of hydrogen-bond acceptors (Lipinski definition) is 5. The summed E-state index contributed by atoms with van der Waals surface area (Å²) < 4.78 is 5.11. The fourth-order valence-corrected chi connectivity index (χ4v) is 2.30. The van der Waals surface area contributed by atoms with Crippen LogP contribution in [0.3, 0.4) is 0 Å². The molecule has 1 rings (SSSR count). The number of aliphatic hydroxyl groups excluding tert-OH is 1. The second kappa shape index (κ2) is 5.01. The molecule has 1 aromatic rings. The van der Waals surface area contributed by atoms with E-state index in [0.717, 1.165) is 0 Å². The van der Waals surface area contributed by atoms with Crippen LogP contribution in [-0.2, 0) is 0 Å². The summed E-state index contributed by atoms with van der Waals surface area (Å²) in [6.45, 7) is 6.18. The van der Waals surface area contributed by atoms with Gasteiger partial charge in [0.25, 0.3) is 5.22 Å². The molecule has 0 aromatic carbocycles. The average molecular weight is 230 g/mol. The second-order valence-corrected chi connectivity index (χ2v) is 5.72. The molecule has 4 nitrogen and oxygen atoms in total. The lowest BCUT2D eigenvalue weighted by molar-refractivity contribution is 0.232. The van der Waals surface area contributed by atoms with Crippen molar-refractivity contribution in [1.82, 2.24) is 4.98 Å². The molecule has 0 radical (unpaired) electrons. The molecule has 15 heavy (non-hydrogen) atoms. The fraction of sp³-hybridized carbons (Fsp3) is 0.700. The van der Waals surface area contributed by atoms with Crippen LogP contribution >= 0.6 is 11.8 Å². The van der Waals surface area contributed by atoms with E-state index in [1.807, 2.05) is 0 Å². The SMILES string of the molecule is CC(C)(C)C(N)C(CO)Sc1ncco1. The Morgan fingerprint density at radius 3 is 2.67 bits per heavy atom. The molecule has 0 bridgehead atoms. The predicted octanol–water partition coefficient (Wildman–Crippen LogP) is 1.50. The van der Waals surface area contributed by atoms with Crippen LogP contribution < -0.4 is 5.73 Å². The van der Waals surface area contributed by atoms with Crippen LogP contribution in [-0.4, -0.2) is 28.0 Å². The minimum absolute atomic E-state index is 0.0193. The van der Waals surface area contributed by atoms with Gasteiger partial charge in [0.1, 0.15) is 6.26 Å². The highest BCUT2D eigenvalue weighted by molar-refractivity contribution is 7.99. The summed E-state index contributed by atoms with van der Waals surface area (Å²) in [6, 6.07) is -0.112. The quantitative estimate of drug-likeness (QED) is 0.767. The van der Waals surface area contributed by atoms with Crippen molar-refractivity contribution in [2.24, 2.45) is 11.1 Å². The molecule has 0 aliphatic heterocycles. The molecule has 1 heterocycles. The highest BCUT2D eigenvalue weighted by atomic mass is 32.2. The first kappa shape index (κ1) is 12.5. The van der Waals surface area contributed by atoms with E-state index in [1.54, 1.807) is 6.20 Å². The number of hydrogen-bond donors (Lipinski definition) is 2. The number of oxazole rings is 1. The Kier molecular flexibility index (Phi) is 4.19. The number of aliphatic hydroxyl groups is 1. The van der Waals surface area contributed by atoms with Crippen LogP contribution in [0.1, 0.15) is 20.8 Å². The van der Waals surface area contributed by atoms with Gasteiger partial charge in [-0.15, -0.1) is 0 Å². The van der Waals surface area contributed by atoms with E-state index in [4.69, 9.17) is 10.2 Å². The summed E-state index contributed by atoms with van der Waals surface area (Å²) in [5.41, 5.74) is 6.02. The van der Waals surface area contributed by atoms with Crippen molar-refractivity contribution in [1.29, 1.82) is 0 Å². The maximum Gasteiger partial charge on any atom is 0.255 e. The second-order valence-electron chi connectivity index (χ2n) is 4.53. The van der Waals surface area contributed by atoms with Gasteiger partial charge in [-0.2, -0.15) is 0 Å². The lowest BCUT2D eigenvalue weighted by Gasteiger charge is -2.32. The van der Waals surface area contributed by atoms with E-state index < -0.39 is 0 Å². The Labute approximate surface area is 94.3 Å². The molecule has 86 valence electrons. The molecule has 0 fully saturated rings. The van der Waals surface area contributed by atoms with E-state index in [2.05, 4.69) is 25.8 Å². The van der Waals surface area contributed by atoms with Crippen molar-refractivity contribution in [2.75, 3.05) is 6.61 Å². The Hall–Kier alpha value is -0.520. The van der Waals surface area contributed by atoms with Gasteiger partial charge in [-0.25, -0.2) is 4.98 Å². The Bertz CT molecular complexity index is 282. The third-order valence-corrected chi connectivity index (χ3v) is 3.39. The molecule has 0 aliphatic carbocycles. The van der Waals surface area contributed by atoms with Crippen LogP contribution in [0.2, 0.25) is 0 Å². The van der Waals surface area contributed by atoms with Crippen molar-refractivity contribution in [2.45, 2.75) is 37.3 Å². The van der Waals surface area contributed by atoms with Crippen molar-refractivity contribution >= 4 is 11.8 Å². The normalized spacial score (nSPS) is 16.3. The zero-order valence-electron chi connectivity index (χ0n) is 9.30. The van der Waals surface area contributed by atoms with Crippen LogP contribution in [0, 0.1) is 5.41 Å². The molecule has 0 saturated heterocycles. The summed E-state index contributed by atoms with van der Waals surface area (Å²) >= 11 is 1.38. The van der Waals surface area contributed by atoms with Crippen LogP contribution in [0.25, 0.3) is 0 Å². The van der Waals surface area contributed by atoms with Gasteiger partial charge in [-0.1, -0.05) is 32.5 Å². The third kappa shape index (κ3) is 3.52. The van der Waals surface area contributed by atoms with Crippen molar-refractivity contribution in [3.63, 3.8) is 0 Å². The molecule has 0 amide bonds. The predicted molar refractivity (Wildman–Crippen MR) is 60.7 cm³/mol. The minimum atomic E-state index is -0.112. The summed E-state index contributed by atoms with van der Waals surface area (Å²) in [6.07, 6.45) is 3.10. The van der Waals surface area contributed by atoms with Gasteiger partial charge in [-0.3, -0.25) is 0 Å². The van der Waals surface area contributed by atoms with Crippen molar-refractivity contribution in [3.8, 4) is 0 Å².